The van der Waals surface area contributed by atoms with E-state index in [4.69, 9.17) is 11.6 Å². The third kappa shape index (κ3) is 3.27. The van der Waals surface area contributed by atoms with Crippen LogP contribution in [-0.4, -0.2) is 19.3 Å². The van der Waals surface area contributed by atoms with E-state index in [2.05, 4.69) is 35.0 Å². The smallest absolute Gasteiger partial charge is 0.0816 e. The fourth-order valence-corrected chi connectivity index (χ4v) is 2.96. The maximum atomic E-state index is 6.11. The van der Waals surface area contributed by atoms with E-state index >= 15 is 0 Å². The predicted molar refractivity (Wildman–Crippen MR) is 91.3 cm³/mol. The molecule has 0 amide bonds. The highest BCUT2D eigenvalue weighted by Crippen LogP contribution is 2.26. The van der Waals surface area contributed by atoms with Gasteiger partial charge in [0.05, 0.1) is 10.7 Å². The maximum Gasteiger partial charge on any atom is 0.0816 e. The quantitative estimate of drug-likeness (QED) is 0.728. The van der Waals surface area contributed by atoms with Crippen LogP contribution in [0.25, 0.3) is 0 Å². The monoisotopic (exact) mass is 298 g/mol. The molecule has 1 fully saturated rings. The highest BCUT2D eigenvalue weighted by Gasteiger charge is 2.13. The first-order valence-electron chi connectivity index (χ1n) is 7.38. The first kappa shape index (κ1) is 14.2. The van der Waals surface area contributed by atoms with Crippen LogP contribution in [0.3, 0.4) is 0 Å². The Hall–Kier alpha value is -1.80. The minimum absolute atomic E-state index is 0.680. The topological polar surface area (TPSA) is 15.6 Å². The van der Waals surface area contributed by atoms with Crippen LogP contribution in [0.5, 0.6) is 0 Å². The number of anilines is 1. The van der Waals surface area contributed by atoms with Gasteiger partial charge in [-0.1, -0.05) is 29.8 Å². The molecule has 0 unspecified atom stereocenters. The molecule has 21 heavy (non-hydrogen) atoms. The summed E-state index contributed by atoms with van der Waals surface area (Å²) in [5.74, 6) is 0. The minimum atomic E-state index is 0.680. The van der Waals surface area contributed by atoms with Crippen LogP contribution in [-0.2, 0) is 0 Å². The number of para-hydroxylation sites is 1. The molecule has 0 radical (unpaired) electrons. The van der Waals surface area contributed by atoms with Gasteiger partial charge in [0, 0.05) is 25.0 Å². The Labute approximate surface area is 131 Å². The number of hydrogen-bond acceptors (Lipinski definition) is 2. The number of hydrogen-bond donors (Lipinski definition) is 0. The Morgan fingerprint density at radius 1 is 1.10 bits per heavy atom. The van der Waals surface area contributed by atoms with Gasteiger partial charge >= 0.3 is 0 Å². The Kier molecular flexibility index (Phi) is 4.26. The van der Waals surface area contributed by atoms with Crippen molar-refractivity contribution in [3.05, 3.63) is 58.6 Å². The van der Waals surface area contributed by atoms with E-state index in [0.29, 0.717) is 5.02 Å². The lowest BCUT2D eigenvalue weighted by Gasteiger charge is -2.20. The number of nitrogens with zero attached hydrogens (tertiary/aromatic N) is 2. The summed E-state index contributed by atoms with van der Waals surface area (Å²) in [7, 11) is 0. The van der Waals surface area contributed by atoms with Gasteiger partial charge in [-0.25, -0.2) is 0 Å². The molecule has 0 bridgehead atoms. The van der Waals surface area contributed by atoms with E-state index in [9.17, 15) is 0 Å². The molecule has 2 aromatic carbocycles. The largest absolute Gasteiger partial charge is 0.371 e. The third-order valence-electron chi connectivity index (χ3n) is 3.87. The Morgan fingerprint density at radius 2 is 1.86 bits per heavy atom. The molecular weight excluding hydrogens is 280 g/mol. The highest BCUT2D eigenvalue weighted by atomic mass is 35.5. The van der Waals surface area contributed by atoms with Crippen molar-refractivity contribution in [1.82, 2.24) is 0 Å². The van der Waals surface area contributed by atoms with Crippen molar-refractivity contribution >= 4 is 29.2 Å². The Morgan fingerprint density at radius 3 is 2.57 bits per heavy atom. The van der Waals surface area contributed by atoms with Crippen molar-refractivity contribution in [3.8, 4) is 0 Å². The molecular formula is C18H19ClN2. The van der Waals surface area contributed by atoms with Gasteiger partial charge in [-0.15, -0.1) is 0 Å². The van der Waals surface area contributed by atoms with Gasteiger partial charge in [-0.3, -0.25) is 4.99 Å². The molecule has 0 aromatic heterocycles. The van der Waals surface area contributed by atoms with Crippen molar-refractivity contribution in [2.45, 2.75) is 19.8 Å². The van der Waals surface area contributed by atoms with E-state index in [-0.39, 0.29) is 0 Å². The lowest BCUT2D eigenvalue weighted by molar-refractivity contribution is 0.949. The standard InChI is InChI=1S/C18H19ClN2/c1-14-12-15(8-9-18(14)21-10-4-5-11-21)13-20-17-7-3-2-6-16(17)19/h2-3,6-9,12-13H,4-5,10-11H2,1H3. The van der Waals surface area contributed by atoms with Crippen molar-refractivity contribution in [1.29, 1.82) is 0 Å². The Balaban J connectivity index is 1.80. The zero-order chi connectivity index (χ0) is 14.7. The second-order valence-electron chi connectivity index (χ2n) is 5.45. The summed E-state index contributed by atoms with van der Waals surface area (Å²) in [5, 5.41) is 0.680. The first-order valence-corrected chi connectivity index (χ1v) is 7.76. The normalized spacial score (nSPS) is 15.0. The van der Waals surface area contributed by atoms with Gasteiger partial charge in [-0.05, 0) is 55.2 Å². The van der Waals surface area contributed by atoms with E-state index in [1.54, 1.807) is 0 Å². The Bertz CT molecular complexity index is 658. The van der Waals surface area contributed by atoms with Crippen LogP contribution in [0.4, 0.5) is 11.4 Å². The van der Waals surface area contributed by atoms with Crippen molar-refractivity contribution in [3.63, 3.8) is 0 Å². The summed E-state index contributed by atoms with van der Waals surface area (Å²) < 4.78 is 0. The van der Waals surface area contributed by atoms with Gasteiger partial charge in [0.1, 0.15) is 0 Å². The van der Waals surface area contributed by atoms with E-state index < -0.39 is 0 Å². The molecule has 0 atom stereocenters. The van der Waals surface area contributed by atoms with Gasteiger partial charge in [0.15, 0.2) is 0 Å². The van der Waals surface area contributed by atoms with Gasteiger partial charge < -0.3 is 4.90 Å². The highest BCUT2D eigenvalue weighted by molar-refractivity contribution is 6.33. The van der Waals surface area contributed by atoms with Crippen LogP contribution in [0, 0.1) is 6.92 Å². The molecule has 0 saturated carbocycles. The lowest BCUT2D eigenvalue weighted by Crippen LogP contribution is -2.18. The molecule has 0 N–H and O–H groups in total. The van der Waals surface area contributed by atoms with Crippen molar-refractivity contribution in [2.24, 2.45) is 4.99 Å². The maximum absolute atomic E-state index is 6.11. The molecule has 2 nitrogen and oxygen atoms in total. The molecule has 1 aliphatic rings. The van der Waals surface area contributed by atoms with E-state index in [0.717, 1.165) is 11.3 Å². The van der Waals surface area contributed by atoms with E-state index in [1.807, 2.05) is 30.5 Å². The van der Waals surface area contributed by atoms with Crippen LogP contribution in [0.2, 0.25) is 5.02 Å². The number of aryl methyl sites for hydroxylation is 1. The fourth-order valence-electron chi connectivity index (χ4n) is 2.77. The lowest BCUT2D eigenvalue weighted by atomic mass is 10.1. The SMILES string of the molecule is Cc1cc(C=Nc2ccccc2Cl)ccc1N1CCCC1. The average Bonchev–Trinajstić information content (AvgIpc) is 3.00. The first-order chi connectivity index (χ1) is 10.2. The number of aliphatic imine (C=N–C) groups is 1. The summed E-state index contributed by atoms with van der Waals surface area (Å²) in [4.78, 5) is 6.94. The molecule has 0 aliphatic carbocycles. The second-order valence-corrected chi connectivity index (χ2v) is 5.86. The fraction of sp³-hybridized carbons (Fsp3) is 0.278. The van der Waals surface area contributed by atoms with Gasteiger partial charge in [0.2, 0.25) is 0 Å². The average molecular weight is 299 g/mol. The summed E-state index contributed by atoms with van der Waals surface area (Å²) >= 11 is 6.11. The molecule has 108 valence electrons. The molecule has 1 aliphatic heterocycles. The van der Waals surface area contributed by atoms with Crippen LogP contribution in [0.15, 0.2) is 47.5 Å². The van der Waals surface area contributed by atoms with Gasteiger partial charge in [-0.2, -0.15) is 0 Å². The van der Waals surface area contributed by atoms with Crippen LogP contribution >= 0.6 is 11.6 Å². The molecule has 3 heteroatoms. The molecule has 3 rings (SSSR count). The van der Waals surface area contributed by atoms with Crippen molar-refractivity contribution < 1.29 is 0 Å². The van der Waals surface area contributed by atoms with Crippen LogP contribution < -0.4 is 4.90 Å². The molecule has 0 spiro atoms. The number of halogens is 1. The summed E-state index contributed by atoms with van der Waals surface area (Å²) in [6.07, 6.45) is 4.48. The third-order valence-corrected chi connectivity index (χ3v) is 4.19. The molecule has 1 saturated heterocycles. The zero-order valence-corrected chi connectivity index (χ0v) is 13.0. The predicted octanol–water partition coefficient (Wildman–Crippen LogP) is 5.00. The van der Waals surface area contributed by atoms with E-state index in [1.165, 1.54) is 37.2 Å². The number of rotatable bonds is 3. The summed E-state index contributed by atoms with van der Waals surface area (Å²) in [6, 6.07) is 14.2. The molecule has 2 aromatic rings. The molecule has 1 heterocycles. The van der Waals surface area contributed by atoms with Gasteiger partial charge in [0.25, 0.3) is 0 Å². The number of benzene rings is 2. The van der Waals surface area contributed by atoms with Crippen LogP contribution in [0.1, 0.15) is 24.0 Å². The van der Waals surface area contributed by atoms with Crippen molar-refractivity contribution in [2.75, 3.05) is 18.0 Å². The summed E-state index contributed by atoms with van der Waals surface area (Å²) in [6.45, 7) is 4.52. The second kappa shape index (κ2) is 6.31. The summed E-state index contributed by atoms with van der Waals surface area (Å²) in [5.41, 5.74) is 4.57. The minimum Gasteiger partial charge on any atom is -0.371 e. The zero-order valence-electron chi connectivity index (χ0n) is 12.2.